The van der Waals surface area contributed by atoms with Crippen molar-refractivity contribution in [3.05, 3.63) is 35.4 Å². The van der Waals surface area contributed by atoms with Crippen LogP contribution >= 0.6 is 0 Å². The van der Waals surface area contributed by atoms with E-state index in [2.05, 4.69) is 6.92 Å². The van der Waals surface area contributed by atoms with Gasteiger partial charge in [-0.25, -0.2) is 0 Å². The molecule has 88 valence electrons. The molecule has 16 heavy (non-hydrogen) atoms. The summed E-state index contributed by atoms with van der Waals surface area (Å²) in [6, 6.07) is 7.53. The molecule has 1 aromatic rings. The van der Waals surface area contributed by atoms with E-state index in [0.29, 0.717) is 5.56 Å². The molecule has 0 aliphatic carbocycles. The van der Waals surface area contributed by atoms with Crippen molar-refractivity contribution < 1.29 is 9.90 Å². The van der Waals surface area contributed by atoms with Gasteiger partial charge in [0.2, 0.25) is 0 Å². The Morgan fingerprint density at radius 1 is 1.25 bits per heavy atom. The number of carbonyl (C=O) groups excluding carboxylic acids is 1. The van der Waals surface area contributed by atoms with Crippen LogP contribution in [0.15, 0.2) is 24.3 Å². The quantitative estimate of drug-likeness (QED) is 0.775. The lowest BCUT2D eigenvalue weighted by atomic mass is 9.97. The van der Waals surface area contributed by atoms with E-state index in [1.54, 1.807) is 12.1 Å². The number of aliphatic hydroxyl groups excluding tert-OH is 1. The predicted molar refractivity (Wildman–Crippen MR) is 65.6 cm³/mol. The van der Waals surface area contributed by atoms with Crippen molar-refractivity contribution in [2.75, 3.05) is 0 Å². The fourth-order valence-electron chi connectivity index (χ4n) is 1.60. The van der Waals surface area contributed by atoms with Crippen LogP contribution in [0, 0.1) is 5.92 Å². The molecule has 0 amide bonds. The normalized spacial score (nSPS) is 12.8. The molecule has 1 atom stereocenters. The molecule has 1 N–H and O–H groups in total. The zero-order chi connectivity index (χ0) is 12.1. The number of aliphatic hydroxyl groups is 1. The lowest BCUT2D eigenvalue weighted by Gasteiger charge is -2.13. The Morgan fingerprint density at radius 2 is 1.81 bits per heavy atom. The zero-order valence-corrected chi connectivity index (χ0v) is 10.2. The Bertz CT molecular complexity index is 338. The molecule has 0 aliphatic rings. The van der Waals surface area contributed by atoms with Crippen molar-refractivity contribution in [2.24, 2.45) is 5.92 Å². The second-order valence-electron chi connectivity index (χ2n) is 4.50. The fourth-order valence-corrected chi connectivity index (χ4v) is 1.60. The van der Waals surface area contributed by atoms with Crippen LogP contribution < -0.4 is 0 Å². The van der Waals surface area contributed by atoms with Gasteiger partial charge in [-0.15, -0.1) is 0 Å². The van der Waals surface area contributed by atoms with Crippen molar-refractivity contribution in [2.45, 2.75) is 39.7 Å². The van der Waals surface area contributed by atoms with Crippen LogP contribution in [0.4, 0.5) is 0 Å². The molecule has 2 nitrogen and oxygen atoms in total. The predicted octanol–water partition coefficient (Wildman–Crippen LogP) is 2.84. The smallest absolute Gasteiger partial charge is 0.191 e. The van der Waals surface area contributed by atoms with Crippen molar-refractivity contribution in [1.82, 2.24) is 0 Å². The van der Waals surface area contributed by atoms with Gasteiger partial charge in [-0.3, -0.25) is 4.79 Å². The topological polar surface area (TPSA) is 37.3 Å². The molecule has 0 aliphatic heterocycles. The standard InChI is InChI=1S/C14H20O2/c1-4-5-11-6-8-12(9-7-11)14(16)13(15)10(2)3/h6-10,13,15H,4-5H2,1-3H3. The summed E-state index contributed by atoms with van der Waals surface area (Å²) < 4.78 is 0. The largest absolute Gasteiger partial charge is 0.385 e. The molecule has 0 saturated heterocycles. The molecule has 1 rings (SSSR count). The van der Waals surface area contributed by atoms with Crippen LogP contribution in [0.1, 0.15) is 43.1 Å². The van der Waals surface area contributed by atoms with E-state index in [-0.39, 0.29) is 11.7 Å². The van der Waals surface area contributed by atoms with Gasteiger partial charge in [0.15, 0.2) is 5.78 Å². The van der Waals surface area contributed by atoms with Crippen LogP contribution in [0.2, 0.25) is 0 Å². The Morgan fingerprint density at radius 3 is 2.25 bits per heavy atom. The Labute approximate surface area is 97.3 Å². The first kappa shape index (κ1) is 12.9. The van der Waals surface area contributed by atoms with Gasteiger partial charge in [-0.05, 0) is 17.9 Å². The summed E-state index contributed by atoms with van der Waals surface area (Å²) in [5.41, 5.74) is 1.83. The third-order valence-corrected chi connectivity index (χ3v) is 2.68. The van der Waals surface area contributed by atoms with Crippen LogP contribution in [0.5, 0.6) is 0 Å². The minimum atomic E-state index is -0.892. The minimum absolute atomic E-state index is 0.0391. The number of carbonyl (C=O) groups is 1. The maximum absolute atomic E-state index is 11.8. The van der Waals surface area contributed by atoms with E-state index >= 15 is 0 Å². The highest BCUT2D eigenvalue weighted by Gasteiger charge is 2.19. The number of aryl methyl sites for hydroxylation is 1. The van der Waals surface area contributed by atoms with Gasteiger partial charge in [0.05, 0.1) is 0 Å². The summed E-state index contributed by atoms with van der Waals surface area (Å²) in [5.74, 6) is -0.221. The van der Waals surface area contributed by atoms with E-state index in [0.717, 1.165) is 12.8 Å². The summed E-state index contributed by atoms with van der Waals surface area (Å²) in [4.78, 5) is 11.8. The molecule has 0 heterocycles. The van der Waals surface area contributed by atoms with E-state index in [4.69, 9.17) is 0 Å². The first-order valence-electron chi connectivity index (χ1n) is 5.87. The van der Waals surface area contributed by atoms with Gasteiger partial charge in [-0.1, -0.05) is 51.5 Å². The minimum Gasteiger partial charge on any atom is -0.385 e. The van der Waals surface area contributed by atoms with Gasteiger partial charge in [-0.2, -0.15) is 0 Å². The highest BCUT2D eigenvalue weighted by Crippen LogP contribution is 2.12. The number of ketones is 1. The number of hydrogen-bond acceptors (Lipinski definition) is 2. The SMILES string of the molecule is CCCc1ccc(C(=O)C(O)C(C)C)cc1. The lowest BCUT2D eigenvalue weighted by Crippen LogP contribution is -2.26. The monoisotopic (exact) mass is 220 g/mol. The summed E-state index contributed by atoms with van der Waals surface area (Å²) in [7, 11) is 0. The third-order valence-electron chi connectivity index (χ3n) is 2.68. The van der Waals surface area contributed by atoms with Crippen LogP contribution in [-0.2, 0) is 6.42 Å². The van der Waals surface area contributed by atoms with E-state index in [9.17, 15) is 9.90 Å². The number of Topliss-reactive ketones (excluding diaryl/α,β-unsaturated/α-hetero) is 1. The Balaban J connectivity index is 2.77. The van der Waals surface area contributed by atoms with Gasteiger partial charge in [0.25, 0.3) is 0 Å². The number of benzene rings is 1. The van der Waals surface area contributed by atoms with Crippen molar-refractivity contribution in [3.8, 4) is 0 Å². The average molecular weight is 220 g/mol. The Hall–Kier alpha value is -1.15. The molecule has 0 spiro atoms. The second-order valence-corrected chi connectivity index (χ2v) is 4.50. The van der Waals surface area contributed by atoms with E-state index in [1.165, 1.54) is 5.56 Å². The summed E-state index contributed by atoms with van der Waals surface area (Å²) >= 11 is 0. The molecular weight excluding hydrogens is 200 g/mol. The van der Waals surface area contributed by atoms with Crippen LogP contribution in [0.3, 0.4) is 0 Å². The first-order chi connectivity index (χ1) is 7.56. The molecule has 2 heteroatoms. The lowest BCUT2D eigenvalue weighted by molar-refractivity contribution is 0.0648. The molecule has 1 aromatic carbocycles. The zero-order valence-electron chi connectivity index (χ0n) is 10.2. The fraction of sp³-hybridized carbons (Fsp3) is 0.500. The van der Waals surface area contributed by atoms with Crippen molar-refractivity contribution >= 4 is 5.78 Å². The maximum Gasteiger partial charge on any atom is 0.191 e. The molecule has 0 aromatic heterocycles. The number of rotatable bonds is 5. The van der Waals surface area contributed by atoms with Gasteiger partial charge in [0.1, 0.15) is 6.10 Å². The highest BCUT2D eigenvalue weighted by molar-refractivity contribution is 5.99. The van der Waals surface area contributed by atoms with Gasteiger partial charge in [0, 0.05) is 5.56 Å². The first-order valence-corrected chi connectivity index (χ1v) is 5.87. The summed E-state index contributed by atoms with van der Waals surface area (Å²) in [6.45, 7) is 5.81. The average Bonchev–Trinajstić information content (AvgIpc) is 2.28. The van der Waals surface area contributed by atoms with Crippen LogP contribution in [-0.4, -0.2) is 17.0 Å². The van der Waals surface area contributed by atoms with Crippen molar-refractivity contribution in [3.63, 3.8) is 0 Å². The summed E-state index contributed by atoms with van der Waals surface area (Å²) in [5, 5.41) is 9.67. The molecule has 1 unspecified atom stereocenters. The summed E-state index contributed by atoms with van der Waals surface area (Å²) in [6.07, 6.45) is 1.24. The molecule has 0 radical (unpaired) electrons. The third kappa shape index (κ3) is 3.17. The highest BCUT2D eigenvalue weighted by atomic mass is 16.3. The van der Waals surface area contributed by atoms with Crippen molar-refractivity contribution in [1.29, 1.82) is 0 Å². The van der Waals surface area contributed by atoms with Crippen LogP contribution in [0.25, 0.3) is 0 Å². The maximum atomic E-state index is 11.8. The number of hydrogen-bond donors (Lipinski definition) is 1. The second kappa shape index (κ2) is 5.80. The molecule has 0 fully saturated rings. The molecular formula is C14H20O2. The molecule has 0 bridgehead atoms. The van der Waals surface area contributed by atoms with E-state index < -0.39 is 6.10 Å². The van der Waals surface area contributed by atoms with Gasteiger partial charge >= 0.3 is 0 Å². The van der Waals surface area contributed by atoms with E-state index in [1.807, 2.05) is 26.0 Å². The van der Waals surface area contributed by atoms with Gasteiger partial charge < -0.3 is 5.11 Å². The Kier molecular flexibility index (Phi) is 4.69. The molecule has 0 saturated carbocycles.